The smallest absolute Gasteiger partial charge is 0.252 e. The first kappa shape index (κ1) is 20.8. The van der Waals surface area contributed by atoms with Crippen LogP contribution in [0.3, 0.4) is 0 Å². The Bertz CT molecular complexity index is 386. The Morgan fingerprint density at radius 3 is 1.73 bits per heavy atom. The second kappa shape index (κ2) is 8.42. The molecule has 0 aliphatic carbocycles. The Labute approximate surface area is 130 Å². The van der Waals surface area contributed by atoms with Crippen LogP contribution in [0, 0.1) is 0 Å². The predicted octanol–water partition coefficient (Wildman–Crippen LogP) is -1.74. The minimum atomic E-state index is -2.00. The van der Waals surface area contributed by atoms with Crippen LogP contribution in [0.5, 0.6) is 0 Å². The average Bonchev–Trinajstić information content (AvgIpc) is 2.42. The molecule has 0 aromatic carbocycles. The lowest BCUT2D eigenvalue weighted by atomic mass is 9.98. The van der Waals surface area contributed by atoms with E-state index in [1.807, 2.05) is 6.92 Å². The summed E-state index contributed by atoms with van der Waals surface area (Å²) in [5, 5.41) is 43.8. The van der Waals surface area contributed by atoms with Gasteiger partial charge < -0.3 is 31.1 Å². The Morgan fingerprint density at radius 1 is 0.955 bits per heavy atom. The summed E-state index contributed by atoms with van der Waals surface area (Å²) < 4.78 is 0. The first-order chi connectivity index (χ1) is 9.92. The van der Waals surface area contributed by atoms with Crippen molar-refractivity contribution in [2.45, 2.75) is 77.0 Å². The SMILES string of the molecule is CCC(C)(C)NC(=O)[C@@H](O)[C@H](O)[C@H](O)[C@@H](O)C(=O)NC(C)C. The van der Waals surface area contributed by atoms with Gasteiger partial charge in [0.15, 0.2) is 12.2 Å². The first-order valence-electron chi connectivity index (χ1n) is 7.27. The molecule has 0 aromatic heterocycles. The van der Waals surface area contributed by atoms with Gasteiger partial charge in [-0.1, -0.05) is 6.92 Å². The highest BCUT2D eigenvalue weighted by Gasteiger charge is 2.38. The van der Waals surface area contributed by atoms with Crippen molar-refractivity contribution in [1.29, 1.82) is 0 Å². The van der Waals surface area contributed by atoms with E-state index in [1.54, 1.807) is 27.7 Å². The van der Waals surface area contributed by atoms with Gasteiger partial charge in [-0.05, 0) is 34.1 Å². The minimum absolute atomic E-state index is 0.273. The number of hydrogen-bond donors (Lipinski definition) is 6. The maximum absolute atomic E-state index is 11.8. The van der Waals surface area contributed by atoms with Crippen molar-refractivity contribution in [3.05, 3.63) is 0 Å². The Morgan fingerprint density at radius 2 is 1.36 bits per heavy atom. The molecule has 6 N–H and O–H groups in total. The largest absolute Gasteiger partial charge is 0.387 e. The van der Waals surface area contributed by atoms with E-state index in [1.165, 1.54) is 0 Å². The van der Waals surface area contributed by atoms with Crippen LogP contribution in [0.2, 0.25) is 0 Å². The zero-order valence-corrected chi connectivity index (χ0v) is 13.7. The zero-order valence-electron chi connectivity index (χ0n) is 13.7. The van der Waals surface area contributed by atoms with E-state index in [2.05, 4.69) is 10.6 Å². The number of aliphatic hydroxyl groups is 4. The number of hydrogen-bond acceptors (Lipinski definition) is 6. The van der Waals surface area contributed by atoms with Crippen molar-refractivity contribution in [2.24, 2.45) is 0 Å². The van der Waals surface area contributed by atoms with Gasteiger partial charge in [0.25, 0.3) is 11.8 Å². The third-order valence-corrected chi connectivity index (χ3v) is 3.31. The molecular weight excluding hydrogens is 292 g/mol. The van der Waals surface area contributed by atoms with E-state index in [0.29, 0.717) is 6.42 Å². The summed E-state index contributed by atoms with van der Waals surface area (Å²) in [6, 6.07) is -0.273. The Hall–Kier alpha value is -1.22. The molecule has 0 aromatic rings. The van der Waals surface area contributed by atoms with Crippen molar-refractivity contribution in [2.75, 3.05) is 0 Å². The maximum atomic E-state index is 11.8. The van der Waals surface area contributed by atoms with Gasteiger partial charge in [0.1, 0.15) is 12.2 Å². The first-order valence-corrected chi connectivity index (χ1v) is 7.27. The van der Waals surface area contributed by atoms with Crippen LogP contribution in [-0.2, 0) is 9.59 Å². The number of rotatable bonds is 8. The molecule has 0 heterocycles. The van der Waals surface area contributed by atoms with E-state index in [4.69, 9.17) is 0 Å². The molecular formula is C14H28N2O6. The topological polar surface area (TPSA) is 139 Å². The summed E-state index contributed by atoms with van der Waals surface area (Å²) in [5.74, 6) is -1.79. The van der Waals surface area contributed by atoms with Crippen LogP contribution in [-0.4, -0.2) is 68.2 Å². The standard InChI is InChI=1S/C14H28N2O6/c1-6-14(4,5)16-13(22)11(20)9(18)8(17)10(19)12(21)15-7(2)3/h7-11,17-20H,6H2,1-5H3,(H,15,21)(H,16,22)/t8-,9+,10+,11-/m0/s1. The molecule has 0 saturated heterocycles. The normalized spacial score (nSPS) is 17.5. The van der Waals surface area contributed by atoms with Crippen LogP contribution >= 0.6 is 0 Å². The zero-order chi connectivity index (χ0) is 17.7. The number of amides is 2. The third kappa shape index (κ3) is 6.27. The van der Waals surface area contributed by atoms with Crippen LogP contribution in [0.4, 0.5) is 0 Å². The molecule has 0 unspecified atom stereocenters. The van der Waals surface area contributed by atoms with Gasteiger partial charge in [0, 0.05) is 11.6 Å². The van der Waals surface area contributed by atoms with Gasteiger partial charge in [0.2, 0.25) is 0 Å². The fourth-order valence-corrected chi connectivity index (χ4v) is 1.55. The van der Waals surface area contributed by atoms with E-state index in [0.717, 1.165) is 0 Å². The van der Waals surface area contributed by atoms with Crippen molar-refractivity contribution in [3.63, 3.8) is 0 Å². The molecule has 22 heavy (non-hydrogen) atoms. The molecule has 2 amide bonds. The number of nitrogens with one attached hydrogen (secondary N) is 2. The molecule has 8 heteroatoms. The van der Waals surface area contributed by atoms with Crippen molar-refractivity contribution in [1.82, 2.24) is 10.6 Å². The Kier molecular flexibility index (Phi) is 7.96. The summed E-state index contributed by atoms with van der Waals surface area (Å²) in [6.45, 7) is 8.60. The summed E-state index contributed by atoms with van der Waals surface area (Å²) in [5.41, 5.74) is -0.601. The van der Waals surface area contributed by atoms with Gasteiger partial charge >= 0.3 is 0 Å². The second-order valence-electron chi connectivity index (χ2n) is 6.26. The minimum Gasteiger partial charge on any atom is -0.387 e. The molecule has 0 spiro atoms. The van der Waals surface area contributed by atoms with Crippen molar-refractivity contribution >= 4 is 11.8 Å². The molecule has 0 rings (SSSR count). The molecule has 0 aliphatic heterocycles. The maximum Gasteiger partial charge on any atom is 0.252 e. The van der Waals surface area contributed by atoms with Crippen LogP contribution in [0.25, 0.3) is 0 Å². The quantitative estimate of drug-likeness (QED) is 0.314. The fraction of sp³-hybridized carbons (Fsp3) is 0.857. The molecule has 4 atom stereocenters. The van der Waals surface area contributed by atoms with Gasteiger partial charge in [-0.15, -0.1) is 0 Å². The van der Waals surface area contributed by atoms with Gasteiger partial charge in [-0.25, -0.2) is 0 Å². The van der Waals surface area contributed by atoms with Crippen LogP contribution < -0.4 is 10.6 Å². The molecule has 0 aliphatic rings. The van der Waals surface area contributed by atoms with E-state index < -0.39 is 41.8 Å². The van der Waals surface area contributed by atoms with Gasteiger partial charge in [0.05, 0.1) is 0 Å². The van der Waals surface area contributed by atoms with Gasteiger partial charge in [-0.3, -0.25) is 9.59 Å². The molecule has 0 fully saturated rings. The van der Waals surface area contributed by atoms with E-state index in [-0.39, 0.29) is 6.04 Å². The van der Waals surface area contributed by atoms with E-state index in [9.17, 15) is 30.0 Å². The molecule has 0 bridgehead atoms. The van der Waals surface area contributed by atoms with E-state index >= 15 is 0 Å². The molecule has 0 saturated carbocycles. The summed E-state index contributed by atoms with van der Waals surface area (Å²) in [4.78, 5) is 23.4. The van der Waals surface area contributed by atoms with Crippen molar-refractivity contribution < 1.29 is 30.0 Å². The highest BCUT2D eigenvalue weighted by Crippen LogP contribution is 2.10. The number of aliphatic hydroxyl groups excluding tert-OH is 4. The van der Waals surface area contributed by atoms with Gasteiger partial charge in [-0.2, -0.15) is 0 Å². The molecule has 130 valence electrons. The monoisotopic (exact) mass is 320 g/mol. The average molecular weight is 320 g/mol. The predicted molar refractivity (Wildman–Crippen MR) is 79.8 cm³/mol. The second-order valence-corrected chi connectivity index (χ2v) is 6.26. The Balaban J connectivity index is 4.76. The number of carbonyl (C=O) groups is 2. The summed E-state index contributed by atoms with van der Waals surface area (Å²) in [6.07, 6.45) is -7.34. The van der Waals surface area contributed by atoms with Crippen LogP contribution in [0.15, 0.2) is 0 Å². The lowest BCUT2D eigenvalue weighted by Crippen LogP contribution is -2.57. The summed E-state index contributed by atoms with van der Waals surface area (Å²) >= 11 is 0. The third-order valence-electron chi connectivity index (χ3n) is 3.31. The highest BCUT2D eigenvalue weighted by molar-refractivity contribution is 5.83. The highest BCUT2D eigenvalue weighted by atomic mass is 16.4. The van der Waals surface area contributed by atoms with Crippen molar-refractivity contribution in [3.8, 4) is 0 Å². The summed E-state index contributed by atoms with van der Waals surface area (Å²) in [7, 11) is 0. The molecule has 8 nitrogen and oxygen atoms in total. The molecule has 0 radical (unpaired) electrons. The lowest BCUT2D eigenvalue weighted by molar-refractivity contribution is -0.156. The number of carbonyl (C=O) groups excluding carboxylic acids is 2. The fourth-order valence-electron chi connectivity index (χ4n) is 1.55. The lowest BCUT2D eigenvalue weighted by Gasteiger charge is -2.29. The van der Waals surface area contributed by atoms with Crippen LogP contribution in [0.1, 0.15) is 41.0 Å².